The van der Waals surface area contributed by atoms with Crippen LogP contribution >= 0.6 is 0 Å². The Hall–Kier alpha value is -1.62. The normalized spacial score (nSPS) is 12.1. The molecule has 76 valence electrons. The first kappa shape index (κ1) is 10.5. The maximum atomic E-state index is 10.5. The number of pyridine rings is 1. The van der Waals surface area contributed by atoms with Gasteiger partial charge in [0.25, 0.3) is 0 Å². The molecule has 3 N–H and O–H groups in total. The number of nitrogens with two attached hydrogens (primary N) is 1. The minimum absolute atomic E-state index is 0.215. The monoisotopic (exact) mass is 196 g/mol. The lowest BCUT2D eigenvalue weighted by molar-refractivity contribution is -0.138. The molecular formula is C9H12N2O3. The third kappa shape index (κ3) is 2.43. The average molecular weight is 196 g/mol. The first-order valence-electron chi connectivity index (χ1n) is 4.11. The van der Waals surface area contributed by atoms with Crippen LogP contribution in [0, 0.1) is 0 Å². The molecule has 1 atom stereocenters. The Labute approximate surface area is 81.5 Å². The van der Waals surface area contributed by atoms with Gasteiger partial charge in [-0.2, -0.15) is 0 Å². The molecule has 5 nitrogen and oxygen atoms in total. The van der Waals surface area contributed by atoms with Crippen LogP contribution in [0.4, 0.5) is 0 Å². The van der Waals surface area contributed by atoms with Crippen molar-refractivity contribution in [1.82, 2.24) is 4.98 Å². The quantitative estimate of drug-likeness (QED) is 0.710. The maximum Gasteiger partial charge on any atom is 0.320 e. The number of nitrogens with zero attached hydrogens (tertiary/aromatic N) is 1. The number of carboxylic acids is 1. The Bertz CT molecular complexity index is 328. The number of aliphatic carboxylic acids is 1. The molecular weight excluding hydrogens is 184 g/mol. The third-order valence-electron chi connectivity index (χ3n) is 1.80. The van der Waals surface area contributed by atoms with Crippen molar-refractivity contribution in [2.24, 2.45) is 5.73 Å². The summed E-state index contributed by atoms with van der Waals surface area (Å²) in [6, 6.07) is 2.54. The van der Waals surface area contributed by atoms with E-state index in [0.717, 1.165) is 0 Å². The van der Waals surface area contributed by atoms with Crippen LogP contribution in [0.1, 0.15) is 5.56 Å². The van der Waals surface area contributed by atoms with Gasteiger partial charge in [-0.25, -0.2) is 4.98 Å². The van der Waals surface area contributed by atoms with Crippen molar-refractivity contribution in [3.63, 3.8) is 0 Å². The van der Waals surface area contributed by atoms with Gasteiger partial charge in [0, 0.05) is 18.2 Å². The van der Waals surface area contributed by atoms with Gasteiger partial charge in [-0.15, -0.1) is 0 Å². The van der Waals surface area contributed by atoms with Crippen LogP contribution in [0.15, 0.2) is 18.3 Å². The average Bonchev–Trinajstić information content (AvgIpc) is 2.18. The van der Waals surface area contributed by atoms with Gasteiger partial charge < -0.3 is 15.6 Å². The van der Waals surface area contributed by atoms with Crippen molar-refractivity contribution in [2.75, 3.05) is 7.11 Å². The number of carbonyl (C=O) groups is 1. The molecule has 14 heavy (non-hydrogen) atoms. The maximum absolute atomic E-state index is 10.5. The fourth-order valence-electron chi connectivity index (χ4n) is 1.09. The van der Waals surface area contributed by atoms with Gasteiger partial charge in [-0.3, -0.25) is 4.79 Å². The van der Waals surface area contributed by atoms with E-state index < -0.39 is 12.0 Å². The molecule has 1 heterocycles. The van der Waals surface area contributed by atoms with Gasteiger partial charge in [-0.1, -0.05) is 6.07 Å². The second-order valence-electron chi connectivity index (χ2n) is 2.82. The zero-order valence-electron chi connectivity index (χ0n) is 7.80. The van der Waals surface area contributed by atoms with Gasteiger partial charge in [0.2, 0.25) is 5.88 Å². The Morgan fingerprint density at radius 1 is 1.79 bits per heavy atom. The molecule has 0 unspecified atom stereocenters. The Balaban J connectivity index is 2.80. The van der Waals surface area contributed by atoms with Crippen LogP contribution in [-0.4, -0.2) is 29.2 Å². The second-order valence-corrected chi connectivity index (χ2v) is 2.82. The van der Waals surface area contributed by atoms with E-state index in [0.29, 0.717) is 11.4 Å². The second kappa shape index (κ2) is 4.57. The van der Waals surface area contributed by atoms with Crippen molar-refractivity contribution in [2.45, 2.75) is 12.5 Å². The van der Waals surface area contributed by atoms with E-state index in [-0.39, 0.29) is 6.42 Å². The van der Waals surface area contributed by atoms with Crippen molar-refractivity contribution >= 4 is 5.97 Å². The first-order chi connectivity index (χ1) is 6.65. The SMILES string of the molecule is COc1ncccc1C[C@@H](N)C(=O)O. The fraction of sp³-hybridized carbons (Fsp3) is 0.333. The van der Waals surface area contributed by atoms with Crippen LogP contribution in [0.3, 0.4) is 0 Å². The van der Waals surface area contributed by atoms with Crippen molar-refractivity contribution in [1.29, 1.82) is 0 Å². The van der Waals surface area contributed by atoms with Gasteiger partial charge in [0.05, 0.1) is 7.11 Å². The predicted molar refractivity (Wildman–Crippen MR) is 50.1 cm³/mol. The number of rotatable bonds is 4. The molecule has 0 aliphatic heterocycles. The summed E-state index contributed by atoms with van der Waals surface area (Å²) in [5.74, 6) is -0.611. The standard InChI is InChI=1S/C9H12N2O3/c1-14-8-6(3-2-4-11-8)5-7(10)9(12)13/h2-4,7H,5,10H2,1H3,(H,12,13)/t7-/m1/s1. The van der Waals surface area contributed by atoms with Crippen molar-refractivity contribution in [3.05, 3.63) is 23.9 Å². The van der Waals surface area contributed by atoms with E-state index >= 15 is 0 Å². The molecule has 0 amide bonds. The Morgan fingerprint density at radius 3 is 3.07 bits per heavy atom. The summed E-state index contributed by atoms with van der Waals surface area (Å²) in [7, 11) is 1.48. The van der Waals surface area contributed by atoms with E-state index in [9.17, 15) is 4.79 Å². The molecule has 1 aromatic heterocycles. The summed E-state index contributed by atoms with van der Waals surface area (Å²) >= 11 is 0. The van der Waals surface area contributed by atoms with Gasteiger partial charge in [-0.05, 0) is 6.07 Å². The Kier molecular flexibility index (Phi) is 3.41. The zero-order chi connectivity index (χ0) is 10.6. The van der Waals surface area contributed by atoms with E-state index in [1.54, 1.807) is 18.3 Å². The minimum atomic E-state index is -1.03. The van der Waals surface area contributed by atoms with E-state index in [1.165, 1.54) is 7.11 Å². The van der Waals surface area contributed by atoms with Crippen LogP contribution in [0.2, 0.25) is 0 Å². The van der Waals surface area contributed by atoms with Crippen molar-refractivity contribution in [3.8, 4) is 5.88 Å². The van der Waals surface area contributed by atoms with E-state index in [4.69, 9.17) is 15.6 Å². The summed E-state index contributed by atoms with van der Waals surface area (Å²) in [5, 5.41) is 8.62. The molecule has 1 rings (SSSR count). The lowest BCUT2D eigenvalue weighted by Crippen LogP contribution is -2.32. The number of methoxy groups -OCH3 is 1. The lowest BCUT2D eigenvalue weighted by Gasteiger charge is -2.09. The molecule has 0 aromatic carbocycles. The molecule has 0 saturated heterocycles. The summed E-state index contributed by atoms with van der Waals surface area (Å²) in [4.78, 5) is 14.5. The summed E-state index contributed by atoms with van der Waals surface area (Å²) in [6.07, 6.45) is 1.79. The summed E-state index contributed by atoms with van der Waals surface area (Å²) < 4.78 is 4.97. The molecule has 5 heteroatoms. The van der Waals surface area contributed by atoms with Crippen LogP contribution < -0.4 is 10.5 Å². The highest BCUT2D eigenvalue weighted by Crippen LogP contribution is 2.14. The van der Waals surface area contributed by atoms with Crippen molar-refractivity contribution < 1.29 is 14.6 Å². The van der Waals surface area contributed by atoms with E-state index in [1.807, 2.05) is 0 Å². The number of hydrogen-bond acceptors (Lipinski definition) is 4. The highest BCUT2D eigenvalue weighted by atomic mass is 16.5. The number of carboxylic acid groups (broad SMARTS) is 1. The lowest BCUT2D eigenvalue weighted by atomic mass is 10.1. The van der Waals surface area contributed by atoms with Gasteiger partial charge >= 0.3 is 5.97 Å². The molecule has 0 saturated carbocycles. The topological polar surface area (TPSA) is 85.4 Å². The zero-order valence-corrected chi connectivity index (χ0v) is 7.80. The largest absolute Gasteiger partial charge is 0.481 e. The van der Waals surface area contributed by atoms with E-state index in [2.05, 4.69) is 4.98 Å². The molecule has 1 aromatic rings. The van der Waals surface area contributed by atoms with Gasteiger partial charge in [0.1, 0.15) is 6.04 Å². The highest BCUT2D eigenvalue weighted by Gasteiger charge is 2.14. The summed E-state index contributed by atoms with van der Waals surface area (Å²) in [5.41, 5.74) is 6.09. The Morgan fingerprint density at radius 2 is 2.50 bits per heavy atom. The number of hydrogen-bond donors (Lipinski definition) is 2. The molecule has 0 radical (unpaired) electrons. The first-order valence-corrected chi connectivity index (χ1v) is 4.11. The smallest absolute Gasteiger partial charge is 0.320 e. The molecule has 0 aliphatic carbocycles. The third-order valence-corrected chi connectivity index (χ3v) is 1.80. The number of ether oxygens (including phenoxy) is 1. The molecule has 0 spiro atoms. The molecule has 0 fully saturated rings. The molecule has 0 bridgehead atoms. The molecule has 0 aliphatic rings. The van der Waals surface area contributed by atoms with Crippen LogP contribution in [0.25, 0.3) is 0 Å². The fourth-order valence-corrected chi connectivity index (χ4v) is 1.09. The minimum Gasteiger partial charge on any atom is -0.481 e. The van der Waals surface area contributed by atoms with Gasteiger partial charge in [0.15, 0.2) is 0 Å². The summed E-state index contributed by atoms with van der Waals surface area (Å²) in [6.45, 7) is 0. The van der Waals surface area contributed by atoms with Crippen LogP contribution in [0.5, 0.6) is 5.88 Å². The van der Waals surface area contributed by atoms with Crippen LogP contribution in [-0.2, 0) is 11.2 Å². The predicted octanol–water partition coefficient (Wildman–Crippen LogP) is 0.0446. The highest BCUT2D eigenvalue weighted by molar-refractivity contribution is 5.73. The number of aromatic nitrogens is 1.